The summed E-state index contributed by atoms with van der Waals surface area (Å²) in [6.45, 7) is 1.93. The summed E-state index contributed by atoms with van der Waals surface area (Å²) in [4.78, 5) is 35.2. The third kappa shape index (κ3) is 3.30. The van der Waals surface area contributed by atoms with Crippen molar-refractivity contribution in [3.05, 3.63) is 60.6 Å². The molecule has 0 radical (unpaired) electrons. The molecule has 0 spiro atoms. The maximum Gasteiger partial charge on any atom is 0.343 e. The molecule has 0 aromatic carbocycles. The van der Waals surface area contributed by atoms with Gasteiger partial charge in [-0.2, -0.15) is 0 Å². The standard InChI is InChI=1S/C22H21N5O3S/c1-11-8-14-19(28)15(22(29)30-2)10-27(13-6-7-13)21(14)24-18(11)17-9-12-4-3-5-16(25-26-23)20(12)31-17/h8-10,13,16H,3-7H2,1-2H3. The van der Waals surface area contributed by atoms with E-state index in [2.05, 4.69) is 16.1 Å². The smallest absolute Gasteiger partial charge is 0.343 e. The summed E-state index contributed by atoms with van der Waals surface area (Å²) < 4.78 is 6.76. The number of methoxy groups -OCH3 is 1. The molecular formula is C22H21N5O3S. The van der Waals surface area contributed by atoms with E-state index in [1.54, 1.807) is 17.5 Å². The third-order valence-electron chi connectivity index (χ3n) is 6.03. The minimum absolute atomic E-state index is 0.0413. The number of aryl methyl sites for hydroxylation is 2. The van der Waals surface area contributed by atoms with Crippen molar-refractivity contribution in [2.45, 2.75) is 51.1 Å². The van der Waals surface area contributed by atoms with Crippen LogP contribution in [0.3, 0.4) is 0 Å². The quantitative estimate of drug-likeness (QED) is 0.241. The van der Waals surface area contributed by atoms with Crippen molar-refractivity contribution >= 4 is 28.3 Å². The van der Waals surface area contributed by atoms with Crippen LogP contribution in [0.5, 0.6) is 0 Å². The molecule has 1 unspecified atom stereocenters. The van der Waals surface area contributed by atoms with Gasteiger partial charge in [-0.15, -0.1) is 11.3 Å². The Hall–Kier alpha value is -3.16. The number of pyridine rings is 2. The van der Waals surface area contributed by atoms with Gasteiger partial charge in [-0.05, 0) is 67.8 Å². The molecular weight excluding hydrogens is 414 g/mol. The molecule has 8 nitrogen and oxygen atoms in total. The number of hydrogen-bond donors (Lipinski definition) is 0. The number of rotatable bonds is 4. The van der Waals surface area contributed by atoms with Crippen LogP contribution >= 0.6 is 11.3 Å². The summed E-state index contributed by atoms with van der Waals surface area (Å²) in [5.74, 6) is -0.627. The van der Waals surface area contributed by atoms with Crippen molar-refractivity contribution in [2.75, 3.05) is 7.11 Å². The molecule has 3 heterocycles. The first kappa shape index (κ1) is 19.8. The Bertz CT molecular complexity index is 1330. The van der Waals surface area contributed by atoms with Gasteiger partial charge in [0, 0.05) is 22.0 Å². The molecule has 0 amide bonds. The van der Waals surface area contributed by atoms with Crippen LogP contribution in [-0.4, -0.2) is 22.6 Å². The summed E-state index contributed by atoms with van der Waals surface area (Å²) in [5, 5.41) is 4.41. The fourth-order valence-corrected chi connectivity index (χ4v) is 5.67. The molecule has 3 aromatic rings. The van der Waals surface area contributed by atoms with Gasteiger partial charge >= 0.3 is 5.97 Å². The van der Waals surface area contributed by atoms with Crippen LogP contribution in [0.2, 0.25) is 0 Å². The van der Waals surface area contributed by atoms with Crippen molar-refractivity contribution < 1.29 is 9.53 Å². The summed E-state index contributed by atoms with van der Waals surface area (Å²) in [7, 11) is 1.28. The Kier molecular flexibility index (Phi) is 4.79. The second kappa shape index (κ2) is 7.51. The van der Waals surface area contributed by atoms with Crippen LogP contribution in [0, 0.1) is 6.92 Å². The molecule has 31 heavy (non-hydrogen) atoms. The Morgan fingerprint density at radius 2 is 2.16 bits per heavy atom. The monoisotopic (exact) mass is 435 g/mol. The molecule has 5 rings (SSSR count). The van der Waals surface area contributed by atoms with Crippen molar-refractivity contribution in [1.29, 1.82) is 0 Å². The van der Waals surface area contributed by atoms with Gasteiger partial charge in [-0.25, -0.2) is 9.78 Å². The molecule has 0 saturated heterocycles. The van der Waals surface area contributed by atoms with E-state index in [9.17, 15) is 9.59 Å². The van der Waals surface area contributed by atoms with E-state index in [0.29, 0.717) is 11.0 Å². The van der Waals surface area contributed by atoms with E-state index in [0.717, 1.165) is 53.1 Å². The zero-order valence-corrected chi connectivity index (χ0v) is 18.1. The molecule has 158 valence electrons. The lowest BCUT2D eigenvalue weighted by molar-refractivity contribution is 0.0598. The molecule has 0 N–H and O–H groups in total. The predicted octanol–water partition coefficient (Wildman–Crippen LogP) is 5.24. The molecule has 1 atom stereocenters. The normalized spacial score (nSPS) is 17.8. The highest BCUT2D eigenvalue weighted by Crippen LogP contribution is 2.43. The number of nitrogens with zero attached hydrogens (tertiary/aromatic N) is 5. The van der Waals surface area contributed by atoms with E-state index in [-0.39, 0.29) is 23.1 Å². The number of azide groups is 1. The molecule has 0 bridgehead atoms. The van der Waals surface area contributed by atoms with Gasteiger partial charge in [0.05, 0.1) is 29.1 Å². The highest BCUT2D eigenvalue weighted by atomic mass is 32.1. The maximum atomic E-state index is 13.0. The highest BCUT2D eigenvalue weighted by molar-refractivity contribution is 7.15. The van der Waals surface area contributed by atoms with E-state index < -0.39 is 5.97 Å². The Labute approximate surface area is 182 Å². The lowest BCUT2D eigenvalue weighted by atomic mass is 9.95. The molecule has 2 aliphatic carbocycles. The number of hydrogen-bond acceptors (Lipinski definition) is 6. The van der Waals surface area contributed by atoms with Gasteiger partial charge in [-0.1, -0.05) is 5.11 Å². The predicted molar refractivity (Wildman–Crippen MR) is 118 cm³/mol. The topological polar surface area (TPSA) is 110 Å². The molecule has 9 heteroatoms. The summed E-state index contributed by atoms with van der Waals surface area (Å²) >= 11 is 1.62. The second-order valence-corrected chi connectivity index (χ2v) is 9.22. The van der Waals surface area contributed by atoms with Gasteiger partial charge in [0.1, 0.15) is 11.2 Å². The minimum atomic E-state index is -0.627. The summed E-state index contributed by atoms with van der Waals surface area (Å²) in [6.07, 6.45) is 6.39. The van der Waals surface area contributed by atoms with Crippen LogP contribution in [0.4, 0.5) is 0 Å². The highest BCUT2D eigenvalue weighted by Gasteiger charge is 2.29. The molecule has 1 fully saturated rings. The Morgan fingerprint density at radius 3 is 2.87 bits per heavy atom. The van der Waals surface area contributed by atoms with Crippen molar-refractivity contribution in [3.63, 3.8) is 0 Å². The van der Waals surface area contributed by atoms with Gasteiger partial charge in [0.2, 0.25) is 5.43 Å². The van der Waals surface area contributed by atoms with Crippen LogP contribution in [0.15, 0.2) is 28.2 Å². The van der Waals surface area contributed by atoms with E-state index in [1.807, 2.05) is 17.6 Å². The lowest BCUT2D eigenvalue weighted by Gasteiger charge is -2.16. The lowest BCUT2D eigenvalue weighted by Crippen LogP contribution is -2.20. The zero-order chi connectivity index (χ0) is 21.7. The average Bonchev–Trinajstić information content (AvgIpc) is 3.52. The Morgan fingerprint density at radius 1 is 1.35 bits per heavy atom. The number of ether oxygens (including phenoxy) is 1. The molecule has 3 aromatic heterocycles. The number of carbonyl (C=O) groups excluding carboxylic acids is 1. The number of carbonyl (C=O) groups is 1. The largest absolute Gasteiger partial charge is 0.465 e. The van der Waals surface area contributed by atoms with Crippen LogP contribution in [-0.2, 0) is 11.2 Å². The number of aromatic nitrogens is 2. The SMILES string of the molecule is COC(=O)c1cn(C2CC2)c2nc(-c3cc4c(s3)C(N=[N+]=[N-])CCC4)c(C)cc2c1=O. The molecule has 2 aliphatic rings. The fourth-order valence-electron chi connectivity index (χ4n) is 4.33. The first-order chi connectivity index (χ1) is 15.0. The Balaban J connectivity index is 1.71. The van der Waals surface area contributed by atoms with Gasteiger partial charge in [0.25, 0.3) is 0 Å². The second-order valence-electron chi connectivity index (χ2n) is 8.14. The van der Waals surface area contributed by atoms with Crippen molar-refractivity contribution in [1.82, 2.24) is 9.55 Å². The summed E-state index contributed by atoms with van der Waals surface area (Å²) in [6, 6.07) is 4.08. The zero-order valence-electron chi connectivity index (χ0n) is 17.3. The van der Waals surface area contributed by atoms with Crippen LogP contribution in [0.25, 0.3) is 32.0 Å². The maximum absolute atomic E-state index is 13.0. The van der Waals surface area contributed by atoms with E-state index in [4.69, 9.17) is 15.3 Å². The van der Waals surface area contributed by atoms with Gasteiger partial charge in [0.15, 0.2) is 0 Å². The number of fused-ring (bicyclic) bond motifs is 2. The molecule has 1 saturated carbocycles. The fraction of sp³-hybridized carbons (Fsp3) is 0.409. The van der Waals surface area contributed by atoms with E-state index in [1.165, 1.54) is 12.7 Å². The first-order valence-electron chi connectivity index (χ1n) is 10.3. The first-order valence-corrected chi connectivity index (χ1v) is 11.2. The third-order valence-corrected chi connectivity index (χ3v) is 7.32. The van der Waals surface area contributed by atoms with Gasteiger partial charge < -0.3 is 9.30 Å². The summed E-state index contributed by atoms with van der Waals surface area (Å²) in [5.41, 5.74) is 12.1. The van der Waals surface area contributed by atoms with E-state index >= 15 is 0 Å². The average molecular weight is 436 g/mol. The molecule has 0 aliphatic heterocycles. The number of thiophene rings is 1. The van der Waals surface area contributed by atoms with Crippen LogP contribution < -0.4 is 5.43 Å². The van der Waals surface area contributed by atoms with Gasteiger partial charge in [-0.3, -0.25) is 4.79 Å². The number of esters is 1. The van der Waals surface area contributed by atoms with Crippen LogP contribution in [0.1, 0.15) is 64.1 Å². The van der Waals surface area contributed by atoms with Crippen molar-refractivity contribution in [2.24, 2.45) is 5.11 Å². The van der Waals surface area contributed by atoms with Crippen molar-refractivity contribution in [3.8, 4) is 10.6 Å². The minimum Gasteiger partial charge on any atom is -0.465 e.